The molecule has 0 radical (unpaired) electrons. The third-order valence-electron chi connectivity index (χ3n) is 2.26. The molecule has 1 atom stereocenters. The highest BCUT2D eigenvalue weighted by atomic mass is 16.5. The fourth-order valence-corrected chi connectivity index (χ4v) is 1.33. The third-order valence-corrected chi connectivity index (χ3v) is 2.26. The Morgan fingerprint density at radius 1 is 1.57 bits per heavy atom. The van der Waals surface area contributed by atoms with Gasteiger partial charge in [-0.05, 0) is 6.42 Å². The first kappa shape index (κ1) is 11.4. The van der Waals surface area contributed by atoms with E-state index in [1.54, 1.807) is 0 Å². The Hall–Kier alpha value is -0.650. The first-order chi connectivity index (χ1) is 6.66. The second-order valence-electron chi connectivity index (χ2n) is 3.63. The van der Waals surface area contributed by atoms with Crippen LogP contribution in [-0.2, 0) is 9.53 Å². The van der Waals surface area contributed by atoms with Gasteiger partial charge in [-0.1, -0.05) is 0 Å². The van der Waals surface area contributed by atoms with E-state index in [0.717, 1.165) is 0 Å². The van der Waals surface area contributed by atoms with Crippen LogP contribution < -0.4 is 5.32 Å². The number of carbonyl (C=O) groups is 1. The van der Waals surface area contributed by atoms with E-state index in [9.17, 15) is 9.90 Å². The predicted octanol–water partition coefficient (Wildman–Crippen LogP) is -0.974. The molecule has 0 aromatic carbocycles. The van der Waals surface area contributed by atoms with Crippen molar-refractivity contribution < 1.29 is 19.7 Å². The second-order valence-corrected chi connectivity index (χ2v) is 3.63. The minimum atomic E-state index is -0.894. The molecule has 82 valence electrons. The predicted molar refractivity (Wildman–Crippen MR) is 49.7 cm³/mol. The van der Waals surface area contributed by atoms with Crippen LogP contribution in [0.3, 0.4) is 0 Å². The number of rotatable bonds is 5. The van der Waals surface area contributed by atoms with E-state index >= 15 is 0 Å². The molecule has 1 amide bonds. The van der Waals surface area contributed by atoms with Crippen LogP contribution in [0.15, 0.2) is 0 Å². The fraction of sp³-hybridized carbons (Fsp3) is 0.889. The molecule has 0 bridgehead atoms. The molecule has 14 heavy (non-hydrogen) atoms. The van der Waals surface area contributed by atoms with Crippen molar-refractivity contribution in [3.63, 3.8) is 0 Å². The van der Waals surface area contributed by atoms with Crippen LogP contribution >= 0.6 is 0 Å². The number of carbonyl (C=O) groups excluding carboxylic acids is 1. The topological polar surface area (TPSA) is 78.8 Å². The smallest absolute Gasteiger partial charge is 0.220 e. The summed E-state index contributed by atoms with van der Waals surface area (Å²) in [5, 5.41) is 20.9. The molecule has 1 saturated heterocycles. The molecule has 0 aromatic heterocycles. The SMILES string of the molecule is O=C(CCCO)NCC1(O)CCOC1. The Balaban J connectivity index is 2.15. The van der Waals surface area contributed by atoms with E-state index in [-0.39, 0.29) is 25.7 Å². The van der Waals surface area contributed by atoms with Crippen molar-refractivity contribution >= 4 is 5.91 Å². The number of ether oxygens (including phenoxy) is 1. The third kappa shape index (κ3) is 3.61. The Bertz CT molecular complexity index is 189. The van der Waals surface area contributed by atoms with Crippen molar-refractivity contribution in [3.8, 4) is 0 Å². The quantitative estimate of drug-likeness (QED) is 0.537. The van der Waals surface area contributed by atoms with Crippen molar-refractivity contribution in [1.82, 2.24) is 5.32 Å². The van der Waals surface area contributed by atoms with E-state index in [1.807, 2.05) is 0 Å². The maximum absolute atomic E-state index is 11.1. The van der Waals surface area contributed by atoms with Crippen molar-refractivity contribution in [2.75, 3.05) is 26.4 Å². The zero-order valence-corrected chi connectivity index (χ0v) is 8.16. The van der Waals surface area contributed by atoms with Crippen molar-refractivity contribution in [3.05, 3.63) is 0 Å². The Kier molecular flexibility index (Phi) is 4.31. The number of hydrogen-bond donors (Lipinski definition) is 3. The molecule has 1 aliphatic heterocycles. The Morgan fingerprint density at radius 2 is 2.36 bits per heavy atom. The zero-order chi connectivity index (χ0) is 10.4. The Morgan fingerprint density at radius 3 is 2.93 bits per heavy atom. The normalized spacial score (nSPS) is 26.4. The second kappa shape index (κ2) is 5.29. The minimum Gasteiger partial charge on any atom is -0.396 e. The zero-order valence-electron chi connectivity index (χ0n) is 8.16. The molecule has 1 unspecified atom stereocenters. The van der Waals surface area contributed by atoms with Gasteiger partial charge in [-0.15, -0.1) is 0 Å². The molecule has 5 heteroatoms. The van der Waals surface area contributed by atoms with Gasteiger partial charge in [-0.25, -0.2) is 0 Å². The van der Waals surface area contributed by atoms with Crippen molar-refractivity contribution in [1.29, 1.82) is 0 Å². The molecular formula is C9H17NO4. The standard InChI is InChI=1S/C9H17NO4/c11-4-1-2-8(12)10-6-9(13)3-5-14-7-9/h11,13H,1-7H2,(H,10,12). The molecule has 0 aliphatic carbocycles. The van der Waals surface area contributed by atoms with E-state index in [4.69, 9.17) is 9.84 Å². The summed E-state index contributed by atoms with van der Waals surface area (Å²) >= 11 is 0. The van der Waals surface area contributed by atoms with Gasteiger partial charge in [-0.3, -0.25) is 4.79 Å². The number of amides is 1. The summed E-state index contributed by atoms with van der Waals surface area (Å²) in [5.41, 5.74) is -0.894. The molecule has 1 heterocycles. The molecule has 1 aliphatic rings. The van der Waals surface area contributed by atoms with Gasteiger partial charge in [0.25, 0.3) is 0 Å². The number of nitrogens with one attached hydrogen (secondary N) is 1. The average Bonchev–Trinajstić information content (AvgIpc) is 2.60. The van der Waals surface area contributed by atoms with Gasteiger partial charge in [0.15, 0.2) is 0 Å². The first-order valence-corrected chi connectivity index (χ1v) is 4.84. The van der Waals surface area contributed by atoms with Gasteiger partial charge in [0.2, 0.25) is 5.91 Å². The highest BCUT2D eigenvalue weighted by Crippen LogP contribution is 2.16. The lowest BCUT2D eigenvalue weighted by molar-refractivity contribution is -0.122. The summed E-state index contributed by atoms with van der Waals surface area (Å²) in [7, 11) is 0. The van der Waals surface area contributed by atoms with E-state index in [1.165, 1.54) is 0 Å². The van der Waals surface area contributed by atoms with Crippen LogP contribution in [0.1, 0.15) is 19.3 Å². The average molecular weight is 203 g/mol. The number of aliphatic hydroxyl groups excluding tert-OH is 1. The molecule has 0 aromatic rings. The lowest BCUT2D eigenvalue weighted by Crippen LogP contribution is -2.43. The van der Waals surface area contributed by atoms with E-state index < -0.39 is 5.60 Å². The lowest BCUT2D eigenvalue weighted by Gasteiger charge is -2.20. The van der Waals surface area contributed by atoms with Crippen molar-refractivity contribution in [2.24, 2.45) is 0 Å². The maximum Gasteiger partial charge on any atom is 0.220 e. The summed E-state index contributed by atoms with van der Waals surface area (Å²) in [6, 6.07) is 0. The summed E-state index contributed by atoms with van der Waals surface area (Å²) in [6.07, 6.45) is 1.32. The van der Waals surface area contributed by atoms with Crippen LogP contribution in [0, 0.1) is 0 Å². The fourth-order valence-electron chi connectivity index (χ4n) is 1.33. The maximum atomic E-state index is 11.1. The molecule has 1 rings (SSSR count). The van der Waals surface area contributed by atoms with Crippen LogP contribution in [0.5, 0.6) is 0 Å². The van der Waals surface area contributed by atoms with Gasteiger partial charge in [-0.2, -0.15) is 0 Å². The minimum absolute atomic E-state index is 0.0147. The van der Waals surface area contributed by atoms with Crippen molar-refractivity contribution in [2.45, 2.75) is 24.9 Å². The highest BCUT2D eigenvalue weighted by molar-refractivity contribution is 5.75. The molecule has 1 fully saturated rings. The van der Waals surface area contributed by atoms with E-state index in [2.05, 4.69) is 5.32 Å². The van der Waals surface area contributed by atoms with Crippen LogP contribution in [-0.4, -0.2) is 48.1 Å². The van der Waals surface area contributed by atoms with E-state index in [0.29, 0.717) is 25.9 Å². The number of aliphatic hydroxyl groups is 2. The molecular weight excluding hydrogens is 186 g/mol. The van der Waals surface area contributed by atoms with Crippen LogP contribution in [0.2, 0.25) is 0 Å². The number of hydrogen-bond acceptors (Lipinski definition) is 4. The molecule has 3 N–H and O–H groups in total. The monoisotopic (exact) mass is 203 g/mol. The summed E-state index contributed by atoms with van der Waals surface area (Å²) in [4.78, 5) is 11.1. The van der Waals surface area contributed by atoms with Crippen LogP contribution in [0.4, 0.5) is 0 Å². The molecule has 0 saturated carbocycles. The van der Waals surface area contributed by atoms with Gasteiger partial charge < -0.3 is 20.3 Å². The molecule has 5 nitrogen and oxygen atoms in total. The Labute approximate surface area is 83.1 Å². The molecule has 0 spiro atoms. The largest absolute Gasteiger partial charge is 0.396 e. The first-order valence-electron chi connectivity index (χ1n) is 4.84. The summed E-state index contributed by atoms with van der Waals surface area (Å²) < 4.78 is 5.03. The highest BCUT2D eigenvalue weighted by Gasteiger charge is 2.32. The summed E-state index contributed by atoms with van der Waals surface area (Å²) in [5.74, 6) is -0.139. The lowest BCUT2D eigenvalue weighted by atomic mass is 10.0. The van der Waals surface area contributed by atoms with Gasteiger partial charge in [0, 0.05) is 32.6 Å². The van der Waals surface area contributed by atoms with Crippen LogP contribution in [0.25, 0.3) is 0 Å². The van der Waals surface area contributed by atoms with Gasteiger partial charge >= 0.3 is 0 Å². The summed E-state index contributed by atoms with van der Waals surface area (Å²) in [6.45, 7) is 1.08. The van der Waals surface area contributed by atoms with Gasteiger partial charge in [0.1, 0.15) is 5.60 Å². The van der Waals surface area contributed by atoms with Gasteiger partial charge in [0.05, 0.1) is 6.61 Å².